The number of rotatable bonds is 2. The molecule has 20 heavy (non-hydrogen) atoms. The van der Waals surface area contributed by atoms with Crippen LogP contribution < -0.4 is 11.1 Å². The van der Waals surface area contributed by atoms with E-state index in [1.54, 1.807) is 6.07 Å². The van der Waals surface area contributed by atoms with Crippen LogP contribution in [0, 0.1) is 5.82 Å². The summed E-state index contributed by atoms with van der Waals surface area (Å²) >= 11 is 3.08. The first-order chi connectivity index (χ1) is 9.27. The van der Waals surface area contributed by atoms with E-state index in [9.17, 15) is 17.6 Å². The van der Waals surface area contributed by atoms with Crippen molar-refractivity contribution in [1.29, 1.82) is 0 Å². The summed E-state index contributed by atoms with van der Waals surface area (Å²) in [7, 11) is 0. The van der Waals surface area contributed by atoms with E-state index in [1.807, 2.05) is 0 Å². The van der Waals surface area contributed by atoms with E-state index in [0.29, 0.717) is 4.47 Å². The Balaban J connectivity index is 2.38. The third-order valence-corrected chi connectivity index (χ3v) is 2.92. The fourth-order valence-electron chi connectivity index (χ4n) is 1.47. The summed E-state index contributed by atoms with van der Waals surface area (Å²) in [5.41, 5.74) is 4.37. The van der Waals surface area contributed by atoms with Crippen LogP contribution >= 0.6 is 15.9 Å². The van der Waals surface area contributed by atoms with Gasteiger partial charge in [0.1, 0.15) is 11.5 Å². The SMILES string of the molecule is Nc1cnc(C(F)(F)F)cc1Nc1ccc(Br)cc1F. The van der Waals surface area contributed by atoms with Crippen LogP contribution in [0.1, 0.15) is 5.69 Å². The summed E-state index contributed by atoms with van der Waals surface area (Å²) in [5, 5.41) is 2.52. The maximum absolute atomic E-state index is 13.6. The molecule has 2 rings (SSSR count). The topological polar surface area (TPSA) is 50.9 Å². The van der Waals surface area contributed by atoms with Crippen LogP contribution in [0.5, 0.6) is 0 Å². The van der Waals surface area contributed by atoms with E-state index in [1.165, 1.54) is 12.1 Å². The number of benzene rings is 1. The highest BCUT2D eigenvalue weighted by Crippen LogP contribution is 2.33. The monoisotopic (exact) mass is 349 g/mol. The Kier molecular flexibility index (Phi) is 3.85. The van der Waals surface area contributed by atoms with E-state index in [4.69, 9.17) is 5.73 Å². The lowest BCUT2D eigenvalue weighted by Crippen LogP contribution is -2.09. The van der Waals surface area contributed by atoms with Crippen molar-refractivity contribution in [2.45, 2.75) is 6.18 Å². The zero-order valence-electron chi connectivity index (χ0n) is 9.80. The van der Waals surface area contributed by atoms with Crippen molar-refractivity contribution in [1.82, 2.24) is 4.98 Å². The standard InChI is InChI=1S/C12H8BrF4N3/c13-6-1-2-9(7(14)3-6)20-10-4-11(12(15,16)17)19-5-8(10)18/h1-5H,18H2,(H,19,20). The molecule has 0 radical (unpaired) electrons. The Labute approximate surface area is 119 Å². The molecule has 1 aromatic heterocycles. The second-order valence-corrected chi connectivity index (χ2v) is 4.82. The second-order valence-electron chi connectivity index (χ2n) is 3.90. The number of hydrogen-bond acceptors (Lipinski definition) is 3. The van der Waals surface area contributed by atoms with Crippen LogP contribution in [0.3, 0.4) is 0 Å². The van der Waals surface area contributed by atoms with Crippen molar-refractivity contribution in [3.8, 4) is 0 Å². The molecule has 0 aliphatic carbocycles. The Hall–Kier alpha value is -1.83. The molecule has 0 atom stereocenters. The molecule has 1 aromatic carbocycles. The number of pyridine rings is 1. The first-order valence-electron chi connectivity index (χ1n) is 5.32. The van der Waals surface area contributed by atoms with Gasteiger partial charge in [0, 0.05) is 4.47 Å². The van der Waals surface area contributed by atoms with Gasteiger partial charge in [-0.3, -0.25) is 0 Å². The van der Waals surface area contributed by atoms with Crippen molar-refractivity contribution < 1.29 is 17.6 Å². The minimum Gasteiger partial charge on any atom is -0.396 e. The van der Waals surface area contributed by atoms with Crippen molar-refractivity contribution in [2.24, 2.45) is 0 Å². The van der Waals surface area contributed by atoms with Gasteiger partial charge < -0.3 is 11.1 Å². The summed E-state index contributed by atoms with van der Waals surface area (Å²) in [6.45, 7) is 0. The van der Waals surface area contributed by atoms with Crippen LogP contribution in [0.15, 0.2) is 34.9 Å². The Morgan fingerprint density at radius 1 is 1.15 bits per heavy atom. The van der Waals surface area contributed by atoms with Crippen molar-refractivity contribution in [3.05, 3.63) is 46.4 Å². The highest BCUT2D eigenvalue weighted by Gasteiger charge is 2.33. The number of nitrogens with zero attached hydrogens (tertiary/aromatic N) is 1. The predicted octanol–water partition coefficient (Wildman–Crippen LogP) is 4.33. The van der Waals surface area contributed by atoms with Gasteiger partial charge in [0.2, 0.25) is 0 Å². The first kappa shape index (κ1) is 14.6. The molecule has 0 spiro atoms. The number of halogens is 5. The summed E-state index contributed by atoms with van der Waals surface area (Å²) in [4.78, 5) is 3.20. The Bertz CT molecular complexity index is 643. The molecule has 0 aliphatic rings. The zero-order valence-corrected chi connectivity index (χ0v) is 11.4. The second kappa shape index (κ2) is 5.28. The van der Waals surface area contributed by atoms with Gasteiger partial charge in [0.15, 0.2) is 0 Å². The molecule has 0 unspecified atom stereocenters. The number of hydrogen-bond donors (Lipinski definition) is 2. The molecule has 0 bridgehead atoms. The molecule has 8 heteroatoms. The molecule has 2 aromatic rings. The number of nitrogens with one attached hydrogen (secondary N) is 1. The van der Waals surface area contributed by atoms with Crippen molar-refractivity contribution >= 4 is 33.0 Å². The third kappa shape index (κ3) is 3.19. The maximum atomic E-state index is 13.6. The molecule has 0 saturated carbocycles. The minimum atomic E-state index is -4.59. The average Bonchev–Trinajstić information content (AvgIpc) is 2.33. The highest BCUT2D eigenvalue weighted by molar-refractivity contribution is 9.10. The van der Waals surface area contributed by atoms with Crippen LogP contribution in [0.25, 0.3) is 0 Å². The molecule has 0 saturated heterocycles. The quantitative estimate of drug-likeness (QED) is 0.793. The molecule has 0 aliphatic heterocycles. The number of nitrogens with two attached hydrogens (primary N) is 1. The van der Waals surface area contributed by atoms with Gasteiger partial charge in [-0.2, -0.15) is 13.2 Å². The van der Waals surface area contributed by atoms with Gasteiger partial charge in [-0.15, -0.1) is 0 Å². The lowest BCUT2D eigenvalue weighted by Gasteiger charge is -2.13. The predicted molar refractivity (Wildman–Crippen MR) is 71.0 cm³/mol. The smallest absolute Gasteiger partial charge is 0.396 e. The van der Waals surface area contributed by atoms with Crippen LogP contribution in [-0.2, 0) is 6.18 Å². The first-order valence-corrected chi connectivity index (χ1v) is 6.11. The summed E-state index contributed by atoms with van der Waals surface area (Å²) in [5.74, 6) is -0.621. The van der Waals surface area contributed by atoms with Crippen LogP contribution in [0.2, 0.25) is 0 Å². The highest BCUT2D eigenvalue weighted by atomic mass is 79.9. The molecule has 1 heterocycles. The van der Waals surface area contributed by atoms with Gasteiger partial charge in [-0.05, 0) is 24.3 Å². The van der Waals surface area contributed by atoms with Crippen molar-refractivity contribution in [2.75, 3.05) is 11.1 Å². The van der Waals surface area contributed by atoms with E-state index in [2.05, 4.69) is 26.2 Å². The molecule has 0 fully saturated rings. The summed E-state index contributed by atoms with van der Waals surface area (Å²) < 4.78 is 51.8. The molecule has 3 N–H and O–H groups in total. The normalized spacial score (nSPS) is 11.4. The fraction of sp³-hybridized carbons (Fsp3) is 0.0833. The molecular formula is C12H8BrF4N3. The molecule has 106 valence electrons. The molecule has 3 nitrogen and oxygen atoms in total. The van der Waals surface area contributed by atoms with Crippen molar-refractivity contribution in [3.63, 3.8) is 0 Å². The van der Waals surface area contributed by atoms with E-state index in [-0.39, 0.29) is 17.1 Å². The van der Waals surface area contributed by atoms with Crippen LogP contribution in [-0.4, -0.2) is 4.98 Å². The minimum absolute atomic E-state index is 0.0132. The number of alkyl halides is 3. The lowest BCUT2D eigenvalue weighted by atomic mass is 10.2. The van der Waals surface area contributed by atoms with Gasteiger partial charge in [0.05, 0.1) is 23.3 Å². The lowest BCUT2D eigenvalue weighted by molar-refractivity contribution is -0.141. The largest absolute Gasteiger partial charge is 0.433 e. The van der Waals surface area contributed by atoms with Gasteiger partial charge in [-0.1, -0.05) is 15.9 Å². The van der Waals surface area contributed by atoms with Crippen LogP contribution in [0.4, 0.5) is 34.6 Å². The summed E-state index contributed by atoms with van der Waals surface area (Å²) in [6.07, 6.45) is -3.72. The Morgan fingerprint density at radius 2 is 1.85 bits per heavy atom. The Morgan fingerprint density at radius 3 is 2.45 bits per heavy atom. The third-order valence-electron chi connectivity index (χ3n) is 2.43. The number of aromatic nitrogens is 1. The molecular weight excluding hydrogens is 342 g/mol. The average molecular weight is 350 g/mol. The summed E-state index contributed by atoms with van der Waals surface area (Å²) in [6, 6.07) is 4.85. The maximum Gasteiger partial charge on any atom is 0.433 e. The van der Waals surface area contributed by atoms with Gasteiger partial charge in [0.25, 0.3) is 0 Å². The van der Waals surface area contributed by atoms with E-state index in [0.717, 1.165) is 12.3 Å². The van der Waals surface area contributed by atoms with E-state index >= 15 is 0 Å². The van der Waals surface area contributed by atoms with Gasteiger partial charge in [-0.25, -0.2) is 9.37 Å². The molecule has 0 amide bonds. The van der Waals surface area contributed by atoms with Gasteiger partial charge >= 0.3 is 6.18 Å². The number of nitrogen functional groups attached to an aromatic ring is 1. The fourth-order valence-corrected chi connectivity index (χ4v) is 1.80. The van der Waals surface area contributed by atoms with E-state index < -0.39 is 17.7 Å². The number of anilines is 3. The zero-order chi connectivity index (χ0) is 14.9.